The minimum atomic E-state index is -0.0631. The van der Waals surface area contributed by atoms with Crippen LogP contribution in [0.2, 0.25) is 0 Å². The van der Waals surface area contributed by atoms with Gasteiger partial charge in [0.15, 0.2) is 0 Å². The second-order valence-electron chi connectivity index (χ2n) is 5.80. The van der Waals surface area contributed by atoms with Crippen molar-refractivity contribution in [1.82, 2.24) is 9.55 Å². The highest BCUT2D eigenvalue weighted by atomic mass is 79.9. The first-order valence-corrected chi connectivity index (χ1v) is 8.67. The summed E-state index contributed by atoms with van der Waals surface area (Å²) in [6, 6.07) is 19.2. The van der Waals surface area contributed by atoms with Crippen molar-refractivity contribution >= 4 is 37.7 Å². The Kier molecular flexibility index (Phi) is 4.01. The Bertz CT molecular complexity index is 1150. The quantitative estimate of drug-likeness (QED) is 0.518. The van der Waals surface area contributed by atoms with Gasteiger partial charge in [-0.05, 0) is 45.6 Å². The van der Waals surface area contributed by atoms with E-state index in [4.69, 9.17) is 4.74 Å². The molecule has 0 aliphatic carbocycles. The molecule has 0 aliphatic heterocycles. The van der Waals surface area contributed by atoms with E-state index in [0.29, 0.717) is 12.3 Å². The number of para-hydroxylation sites is 1. The third-order valence-electron chi connectivity index (χ3n) is 4.24. The number of ether oxygens (including phenoxy) is 1. The topological polar surface area (TPSA) is 44.1 Å². The van der Waals surface area contributed by atoms with Gasteiger partial charge in [0.2, 0.25) is 0 Å². The zero-order chi connectivity index (χ0) is 17.4. The van der Waals surface area contributed by atoms with Crippen LogP contribution in [0.15, 0.2) is 69.9 Å². The Labute approximate surface area is 152 Å². The molecule has 4 aromatic rings. The Balaban J connectivity index is 1.87. The van der Waals surface area contributed by atoms with Crippen LogP contribution in [0.5, 0.6) is 5.75 Å². The number of nitrogens with zero attached hydrogens (tertiary/aromatic N) is 2. The van der Waals surface area contributed by atoms with Crippen LogP contribution in [0.3, 0.4) is 0 Å². The van der Waals surface area contributed by atoms with Crippen LogP contribution in [-0.2, 0) is 6.54 Å². The van der Waals surface area contributed by atoms with Gasteiger partial charge in [-0.25, -0.2) is 0 Å². The van der Waals surface area contributed by atoms with Crippen molar-refractivity contribution in [3.8, 4) is 5.75 Å². The van der Waals surface area contributed by atoms with Crippen LogP contribution in [0.4, 0.5) is 0 Å². The van der Waals surface area contributed by atoms with E-state index in [1.807, 2.05) is 54.6 Å². The zero-order valence-corrected chi connectivity index (χ0v) is 15.2. The summed E-state index contributed by atoms with van der Waals surface area (Å²) in [7, 11) is 1.61. The van der Waals surface area contributed by atoms with Crippen LogP contribution >= 0.6 is 15.9 Å². The summed E-state index contributed by atoms with van der Waals surface area (Å²) in [4.78, 5) is 17.1. The smallest absolute Gasteiger partial charge is 0.251 e. The number of benzene rings is 2. The summed E-state index contributed by atoms with van der Waals surface area (Å²) in [6.45, 7) is 0.409. The van der Waals surface area contributed by atoms with E-state index < -0.39 is 0 Å². The van der Waals surface area contributed by atoms with Gasteiger partial charge in [-0.3, -0.25) is 9.78 Å². The Morgan fingerprint density at radius 2 is 1.84 bits per heavy atom. The Morgan fingerprint density at radius 1 is 1.04 bits per heavy atom. The van der Waals surface area contributed by atoms with Gasteiger partial charge in [0.1, 0.15) is 5.75 Å². The van der Waals surface area contributed by atoms with Gasteiger partial charge in [-0.1, -0.05) is 24.3 Å². The number of halogens is 1. The van der Waals surface area contributed by atoms with Crippen LogP contribution in [0, 0.1) is 0 Å². The summed E-state index contributed by atoms with van der Waals surface area (Å²) in [5.41, 5.74) is 2.53. The molecule has 0 bridgehead atoms. The Hall–Kier alpha value is -2.66. The van der Waals surface area contributed by atoms with Gasteiger partial charge < -0.3 is 9.30 Å². The molecule has 0 unspecified atom stereocenters. The first-order chi connectivity index (χ1) is 12.2. The summed E-state index contributed by atoms with van der Waals surface area (Å²) in [5, 5.41) is 2.05. The third kappa shape index (κ3) is 2.91. The molecule has 0 atom stereocenters. The molecule has 0 spiro atoms. The second-order valence-corrected chi connectivity index (χ2v) is 6.65. The predicted octanol–water partition coefficient (Wildman–Crippen LogP) is 4.37. The average Bonchev–Trinajstić information content (AvgIpc) is 2.63. The molecule has 124 valence electrons. The van der Waals surface area contributed by atoms with E-state index in [0.717, 1.165) is 32.0 Å². The first-order valence-electron chi connectivity index (χ1n) is 7.87. The maximum Gasteiger partial charge on any atom is 0.251 e. The molecular formula is C20H15BrN2O2. The van der Waals surface area contributed by atoms with Gasteiger partial charge in [-0.2, -0.15) is 0 Å². The number of rotatable bonds is 3. The lowest BCUT2D eigenvalue weighted by Gasteiger charge is -2.12. The minimum absolute atomic E-state index is 0.0631. The normalized spacial score (nSPS) is 11.1. The molecule has 0 saturated heterocycles. The lowest BCUT2D eigenvalue weighted by Crippen LogP contribution is -2.20. The SMILES string of the molecule is COc1cc2c(ccc(=O)n2Cc2ccc3ccccc3n2)cc1Br. The van der Waals surface area contributed by atoms with Gasteiger partial charge >= 0.3 is 0 Å². The van der Waals surface area contributed by atoms with E-state index >= 15 is 0 Å². The van der Waals surface area contributed by atoms with E-state index in [2.05, 4.69) is 20.9 Å². The monoisotopic (exact) mass is 394 g/mol. The fourth-order valence-corrected chi connectivity index (χ4v) is 3.50. The van der Waals surface area contributed by atoms with Crippen molar-refractivity contribution < 1.29 is 4.74 Å². The van der Waals surface area contributed by atoms with Gasteiger partial charge in [-0.15, -0.1) is 0 Å². The second kappa shape index (κ2) is 6.33. The van der Waals surface area contributed by atoms with Crippen molar-refractivity contribution in [2.45, 2.75) is 6.54 Å². The van der Waals surface area contributed by atoms with Crippen molar-refractivity contribution in [2.75, 3.05) is 7.11 Å². The molecule has 4 rings (SSSR count). The number of hydrogen-bond acceptors (Lipinski definition) is 3. The molecule has 0 aliphatic rings. The first kappa shape index (κ1) is 15.8. The average molecular weight is 395 g/mol. The molecule has 25 heavy (non-hydrogen) atoms. The molecule has 0 fully saturated rings. The Morgan fingerprint density at radius 3 is 2.68 bits per heavy atom. The van der Waals surface area contributed by atoms with Crippen LogP contribution in [0.25, 0.3) is 21.8 Å². The number of pyridine rings is 2. The zero-order valence-electron chi connectivity index (χ0n) is 13.6. The van der Waals surface area contributed by atoms with E-state index in [1.54, 1.807) is 17.7 Å². The van der Waals surface area contributed by atoms with Crippen LogP contribution in [-0.4, -0.2) is 16.7 Å². The highest BCUT2D eigenvalue weighted by Gasteiger charge is 2.09. The van der Waals surface area contributed by atoms with Crippen molar-refractivity contribution in [3.05, 3.63) is 81.2 Å². The highest BCUT2D eigenvalue weighted by molar-refractivity contribution is 9.10. The van der Waals surface area contributed by atoms with Crippen molar-refractivity contribution in [2.24, 2.45) is 0 Å². The predicted molar refractivity (Wildman–Crippen MR) is 103 cm³/mol. The fourth-order valence-electron chi connectivity index (χ4n) is 2.97. The van der Waals surface area contributed by atoms with Crippen LogP contribution in [0.1, 0.15) is 5.69 Å². The molecular weight excluding hydrogens is 380 g/mol. The molecule has 2 heterocycles. The molecule has 2 aromatic carbocycles. The summed E-state index contributed by atoms with van der Waals surface area (Å²) >= 11 is 3.49. The molecule has 5 heteroatoms. The van der Waals surface area contributed by atoms with Crippen LogP contribution < -0.4 is 10.3 Å². The van der Waals surface area contributed by atoms with E-state index in [-0.39, 0.29) is 5.56 Å². The molecule has 0 N–H and O–H groups in total. The fraction of sp³-hybridized carbons (Fsp3) is 0.100. The molecule has 4 nitrogen and oxygen atoms in total. The maximum atomic E-state index is 12.5. The highest BCUT2D eigenvalue weighted by Crippen LogP contribution is 2.29. The van der Waals surface area contributed by atoms with Crippen molar-refractivity contribution in [3.63, 3.8) is 0 Å². The lowest BCUT2D eigenvalue weighted by molar-refractivity contribution is 0.412. The number of aromatic nitrogens is 2. The molecule has 2 aromatic heterocycles. The number of hydrogen-bond donors (Lipinski definition) is 0. The molecule has 0 radical (unpaired) electrons. The number of methoxy groups -OCH3 is 1. The molecule has 0 saturated carbocycles. The van der Waals surface area contributed by atoms with Gasteiger partial charge in [0.05, 0.1) is 34.9 Å². The van der Waals surface area contributed by atoms with E-state index in [1.165, 1.54) is 0 Å². The van der Waals surface area contributed by atoms with Crippen molar-refractivity contribution in [1.29, 1.82) is 0 Å². The largest absolute Gasteiger partial charge is 0.495 e. The van der Waals surface area contributed by atoms with Gasteiger partial charge in [0.25, 0.3) is 5.56 Å². The standard InChI is InChI=1S/C20H15BrN2O2/c1-25-19-11-18-14(10-16(19)21)7-9-20(24)23(18)12-15-8-6-13-4-2-3-5-17(13)22-15/h2-11H,12H2,1H3. The number of fused-ring (bicyclic) bond motifs is 2. The summed E-state index contributed by atoms with van der Waals surface area (Å²) in [6.07, 6.45) is 0. The third-order valence-corrected chi connectivity index (χ3v) is 4.86. The lowest BCUT2D eigenvalue weighted by atomic mass is 10.2. The van der Waals surface area contributed by atoms with E-state index in [9.17, 15) is 4.79 Å². The molecule has 0 amide bonds. The minimum Gasteiger partial charge on any atom is -0.495 e. The maximum absolute atomic E-state index is 12.5. The van der Waals surface area contributed by atoms with Gasteiger partial charge in [0, 0.05) is 17.5 Å². The summed E-state index contributed by atoms with van der Waals surface area (Å²) < 4.78 is 7.96. The summed E-state index contributed by atoms with van der Waals surface area (Å²) in [5.74, 6) is 0.693.